The van der Waals surface area contributed by atoms with Crippen LogP contribution in [-0.2, 0) is 4.79 Å². The average Bonchev–Trinajstić information content (AvgIpc) is 2.04. The Labute approximate surface area is 67.4 Å². The summed E-state index contributed by atoms with van der Waals surface area (Å²) in [6, 6.07) is 0. The van der Waals surface area contributed by atoms with Crippen LogP contribution in [0.3, 0.4) is 0 Å². The largest absolute Gasteiger partial charge is 0.322 e. The number of thioether (sulfide) groups is 1. The van der Waals surface area contributed by atoms with Crippen LogP contribution in [0.1, 0.15) is 0 Å². The fourth-order valence-electron chi connectivity index (χ4n) is 0.839. The Morgan fingerprint density at radius 2 is 2.55 bits per heavy atom. The van der Waals surface area contributed by atoms with Crippen molar-refractivity contribution in [2.24, 2.45) is 0 Å². The minimum Gasteiger partial charge on any atom is -0.322 e. The van der Waals surface area contributed by atoms with Gasteiger partial charge in [0, 0.05) is 0 Å². The van der Waals surface area contributed by atoms with E-state index in [1.54, 1.807) is 6.20 Å². The van der Waals surface area contributed by atoms with Crippen molar-refractivity contribution in [2.75, 3.05) is 11.1 Å². The van der Waals surface area contributed by atoms with Crippen LogP contribution in [0.2, 0.25) is 0 Å². The van der Waals surface area contributed by atoms with E-state index in [0.29, 0.717) is 11.4 Å². The first kappa shape index (κ1) is 6.60. The number of amides is 1. The van der Waals surface area contributed by atoms with Crippen molar-refractivity contribution in [3.05, 3.63) is 12.5 Å². The summed E-state index contributed by atoms with van der Waals surface area (Å²) in [7, 11) is 0. The molecule has 2 heterocycles. The van der Waals surface area contributed by atoms with E-state index < -0.39 is 0 Å². The van der Waals surface area contributed by atoms with Crippen LogP contribution in [0, 0.1) is 0 Å². The molecule has 0 spiro atoms. The summed E-state index contributed by atoms with van der Waals surface area (Å²) in [4.78, 5) is 18.6. The highest BCUT2D eigenvalue weighted by atomic mass is 32.2. The van der Waals surface area contributed by atoms with Crippen molar-refractivity contribution >= 4 is 23.4 Å². The molecule has 0 saturated carbocycles. The molecule has 1 aromatic heterocycles. The maximum absolute atomic E-state index is 10.8. The minimum atomic E-state index is 0.0114. The second kappa shape index (κ2) is 2.50. The molecule has 11 heavy (non-hydrogen) atoms. The zero-order valence-corrected chi connectivity index (χ0v) is 6.39. The molecule has 56 valence electrons. The SMILES string of the molecule is O=C1CSc2ncncc2N1. The zero-order valence-electron chi connectivity index (χ0n) is 5.57. The monoisotopic (exact) mass is 167 g/mol. The third-order valence-electron chi connectivity index (χ3n) is 1.29. The fourth-order valence-corrected chi connectivity index (χ4v) is 1.56. The Bertz CT molecular complexity index is 302. The second-order valence-corrected chi connectivity index (χ2v) is 3.04. The summed E-state index contributed by atoms with van der Waals surface area (Å²) < 4.78 is 0. The topological polar surface area (TPSA) is 54.9 Å². The Balaban J connectivity index is 2.41. The Hall–Kier alpha value is -1.10. The van der Waals surface area contributed by atoms with E-state index in [4.69, 9.17) is 0 Å². The predicted octanol–water partition coefficient (Wildman–Crippen LogP) is 0.521. The van der Waals surface area contributed by atoms with Crippen LogP contribution in [0.15, 0.2) is 17.6 Å². The zero-order chi connectivity index (χ0) is 7.68. The lowest BCUT2D eigenvalue weighted by Crippen LogP contribution is -2.19. The average molecular weight is 167 g/mol. The molecule has 0 saturated heterocycles. The number of anilines is 1. The maximum Gasteiger partial charge on any atom is 0.234 e. The number of nitrogens with one attached hydrogen (secondary N) is 1. The number of hydrogen-bond donors (Lipinski definition) is 1. The molecule has 2 rings (SSSR count). The number of rotatable bonds is 0. The van der Waals surface area contributed by atoms with Gasteiger partial charge in [0.05, 0.1) is 17.6 Å². The minimum absolute atomic E-state index is 0.0114. The molecule has 1 N–H and O–H groups in total. The molecule has 1 amide bonds. The van der Waals surface area contributed by atoms with Crippen molar-refractivity contribution in [2.45, 2.75) is 5.03 Å². The molecule has 0 radical (unpaired) electrons. The molecular formula is C6H5N3OS. The highest BCUT2D eigenvalue weighted by molar-refractivity contribution is 8.00. The molecule has 0 atom stereocenters. The quantitative estimate of drug-likeness (QED) is 0.572. The van der Waals surface area contributed by atoms with Crippen LogP contribution < -0.4 is 5.32 Å². The van der Waals surface area contributed by atoms with Crippen molar-refractivity contribution in [3.63, 3.8) is 0 Å². The van der Waals surface area contributed by atoms with Gasteiger partial charge in [-0.1, -0.05) is 11.8 Å². The summed E-state index contributed by atoms with van der Waals surface area (Å²) in [5.74, 6) is 0.460. The summed E-state index contributed by atoms with van der Waals surface area (Å²) in [6.45, 7) is 0. The summed E-state index contributed by atoms with van der Waals surface area (Å²) >= 11 is 1.43. The lowest BCUT2D eigenvalue weighted by Gasteiger charge is -2.12. The fraction of sp³-hybridized carbons (Fsp3) is 0.167. The van der Waals surface area contributed by atoms with Crippen molar-refractivity contribution in [3.8, 4) is 0 Å². The molecule has 0 aliphatic carbocycles. The van der Waals surface area contributed by atoms with Gasteiger partial charge in [0.15, 0.2) is 0 Å². The van der Waals surface area contributed by atoms with E-state index in [0.717, 1.165) is 5.03 Å². The molecule has 0 aromatic carbocycles. The summed E-state index contributed by atoms with van der Waals surface area (Å²) in [5.41, 5.74) is 0.716. The van der Waals surface area contributed by atoms with Gasteiger partial charge in [-0.3, -0.25) is 4.79 Å². The third kappa shape index (κ3) is 1.19. The summed E-state index contributed by atoms with van der Waals surface area (Å²) in [5, 5.41) is 3.52. The van der Waals surface area contributed by atoms with Gasteiger partial charge in [0.25, 0.3) is 0 Å². The Morgan fingerprint density at radius 3 is 3.45 bits per heavy atom. The van der Waals surface area contributed by atoms with Gasteiger partial charge < -0.3 is 5.32 Å². The molecular weight excluding hydrogens is 162 g/mol. The first-order valence-electron chi connectivity index (χ1n) is 3.09. The lowest BCUT2D eigenvalue weighted by atomic mass is 10.5. The smallest absolute Gasteiger partial charge is 0.234 e. The van der Waals surface area contributed by atoms with Gasteiger partial charge in [-0.25, -0.2) is 9.97 Å². The van der Waals surface area contributed by atoms with Crippen LogP contribution in [0.4, 0.5) is 5.69 Å². The molecule has 0 bridgehead atoms. The van der Waals surface area contributed by atoms with Gasteiger partial charge in [-0.2, -0.15) is 0 Å². The van der Waals surface area contributed by atoms with Crippen LogP contribution in [-0.4, -0.2) is 21.6 Å². The van der Waals surface area contributed by atoms with Gasteiger partial charge in [0.1, 0.15) is 11.4 Å². The standard InChI is InChI=1S/C6H5N3OS/c10-5-2-11-6-4(9-5)1-7-3-8-6/h1,3H,2H2,(H,9,10). The molecule has 1 aliphatic rings. The van der Waals surface area contributed by atoms with Gasteiger partial charge in [-0.15, -0.1) is 0 Å². The number of carbonyl (C=O) groups is 1. The number of nitrogens with zero attached hydrogens (tertiary/aromatic N) is 2. The number of aromatic nitrogens is 2. The first-order valence-corrected chi connectivity index (χ1v) is 4.07. The normalized spacial score (nSPS) is 15.5. The van der Waals surface area contributed by atoms with Crippen LogP contribution in [0.25, 0.3) is 0 Å². The highest BCUT2D eigenvalue weighted by Crippen LogP contribution is 2.27. The number of carbonyl (C=O) groups excluding carboxylic acids is 1. The van der Waals surface area contributed by atoms with Gasteiger partial charge in [-0.05, 0) is 0 Å². The van der Waals surface area contributed by atoms with Crippen LogP contribution >= 0.6 is 11.8 Å². The lowest BCUT2D eigenvalue weighted by molar-refractivity contribution is -0.113. The van der Waals surface area contributed by atoms with Gasteiger partial charge in [0.2, 0.25) is 5.91 Å². The Kier molecular flexibility index (Phi) is 1.50. The third-order valence-corrected chi connectivity index (χ3v) is 2.30. The molecule has 1 aliphatic heterocycles. The van der Waals surface area contributed by atoms with E-state index in [1.165, 1.54) is 18.1 Å². The summed E-state index contributed by atoms with van der Waals surface area (Å²) in [6.07, 6.45) is 3.08. The molecule has 0 unspecified atom stereocenters. The van der Waals surface area contributed by atoms with E-state index in [2.05, 4.69) is 15.3 Å². The van der Waals surface area contributed by atoms with E-state index in [-0.39, 0.29) is 5.91 Å². The van der Waals surface area contributed by atoms with E-state index >= 15 is 0 Å². The number of fused-ring (bicyclic) bond motifs is 1. The maximum atomic E-state index is 10.8. The van der Waals surface area contributed by atoms with Crippen molar-refractivity contribution < 1.29 is 4.79 Å². The molecule has 5 heteroatoms. The molecule has 4 nitrogen and oxygen atoms in total. The second-order valence-electron chi connectivity index (χ2n) is 2.08. The van der Waals surface area contributed by atoms with Crippen molar-refractivity contribution in [1.82, 2.24) is 9.97 Å². The number of hydrogen-bond acceptors (Lipinski definition) is 4. The van der Waals surface area contributed by atoms with E-state index in [1.807, 2.05) is 0 Å². The Morgan fingerprint density at radius 1 is 1.64 bits per heavy atom. The highest BCUT2D eigenvalue weighted by Gasteiger charge is 2.15. The van der Waals surface area contributed by atoms with Crippen molar-refractivity contribution in [1.29, 1.82) is 0 Å². The molecule has 0 fully saturated rings. The molecule has 1 aromatic rings. The van der Waals surface area contributed by atoms with Gasteiger partial charge >= 0.3 is 0 Å². The van der Waals surface area contributed by atoms with Crippen LogP contribution in [0.5, 0.6) is 0 Å². The van der Waals surface area contributed by atoms with E-state index in [9.17, 15) is 4.79 Å². The first-order chi connectivity index (χ1) is 5.36. The predicted molar refractivity (Wildman–Crippen MR) is 41.4 cm³/mol.